The number of rotatable bonds is 9. The van der Waals surface area contributed by atoms with Crippen LogP contribution in [-0.2, 0) is 11.2 Å². The molecule has 0 aromatic heterocycles. The zero-order valence-electron chi connectivity index (χ0n) is 10.5. The van der Waals surface area contributed by atoms with E-state index in [0.717, 1.165) is 44.7 Å². The summed E-state index contributed by atoms with van der Waals surface area (Å²) in [6, 6.07) is 6.75. The minimum Gasteiger partial charge on any atom is -0.380 e. The molecule has 0 fully saturated rings. The summed E-state index contributed by atoms with van der Waals surface area (Å²) in [5.41, 5.74) is 1.03. The van der Waals surface area contributed by atoms with Crippen molar-refractivity contribution in [1.29, 1.82) is 0 Å². The fourth-order valence-electron chi connectivity index (χ4n) is 1.54. The first-order valence-corrected chi connectivity index (χ1v) is 6.36. The molecule has 0 saturated carbocycles. The zero-order valence-corrected chi connectivity index (χ0v) is 10.5. The lowest BCUT2D eigenvalue weighted by atomic mass is 10.1. The Morgan fingerprint density at radius 1 is 1.24 bits per heavy atom. The maximum atomic E-state index is 12.9. The molecular weight excluding hydrogens is 217 g/mol. The minimum absolute atomic E-state index is 0.162. The molecular formula is C14H22FNO. The molecule has 0 unspecified atom stereocenters. The van der Waals surface area contributed by atoms with Gasteiger partial charge in [0.05, 0.1) is 6.61 Å². The molecule has 0 spiro atoms. The molecule has 0 aliphatic rings. The Kier molecular flexibility index (Phi) is 7.60. The Balaban J connectivity index is 1.97. The van der Waals surface area contributed by atoms with Crippen molar-refractivity contribution in [3.63, 3.8) is 0 Å². The van der Waals surface area contributed by atoms with Gasteiger partial charge in [-0.15, -0.1) is 0 Å². The molecule has 0 heterocycles. The van der Waals surface area contributed by atoms with E-state index in [1.807, 2.05) is 6.07 Å². The van der Waals surface area contributed by atoms with Gasteiger partial charge >= 0.3 is 0 Å². The van der Waals surface area contributed by atoms with Crippen molar-refractivity contribution in [3.05, 3.63) is 35.6 Å². The number of ether oxygens (including phenoxy) is 1. The van der Waals surface area contributed by atoms with Crippen LogP contribution < -0.4 is 5.32 Å². The molecule has 2 nitrogen and oxygen atoms in total. The molecule has 0 amide bonds. The average molecular weight is 239 g/mol. The molecule has 0 atom stereocenters. The standard InChI is InChI=1S/C14H22FNO/c1-2-3-10-17-11-9-16-8-7-13-5-4-6-14(15)12-13/h4-6,12,16H,2-3,7-11H2,1H3. The Bertz CT molecular complexity index is 304. The van der Waals surface area contributed by atoms with Crippen LogP contribution in [0.25, 0.3) is 0 Å². The number of benzene rings is 1. The fraction of sp³-hybridized carbons (Fsp3) is 0.571. The van der Waals surface area contributed by atoms with Gasteiger partial charge in [0.1, 0.15) is 5.82 Å². The highest BCUT2D eigenvalue weighted by molar-refractivity contribution is 5.16. The van der Waals surface area contributed by atoms with Crippen LogP contribution in [0, 0.1) is 5.82 Å². The lowest BCUT2D eigenvalue weighted by molar-refractivity contribution is 0.133. The predicted octanol–water partition coefficient (Wildman–Crippen LogP) is 2.77. The Hall–Kier alpha value is -0.930. The quantitative estimate of drug-likeness (QED) is 0.669. The van der Waals surface area contributed by atoms with Crippen LogP contribution in [-0.4, -0.2) is 26.3 Å². The summed E-state index contributed by atoms with van der Waals surface area (Å²) in [7, 11) is 0. The Labute approximate surface area is 103 Å². The smallest absolute Gasteiger partial charge is 0.123 e. The third-order valence-electron chi connectivity index (χ3n) is 2.54. The van der Waals surface area contributed by atoms with Crippen LogP contribution in [0.1, 0.15) is 25.3 Å². The molecule has 1 aromatic rings. The number of unbranched alkanes of at least 4 members (excludes halogenated alkanes) is 1. The molecule has 17 heavy (non-hydrogen) atoms. The highest BCUT2D eigenvalue weighted by Crippen LogP contribution is 2.03. The monoisotopic (exact) mass is 239 g/mol. The first-order valence-electron chi connectivity index (χ1n) is 6.36. The second-order valence-electron chi connectivity index (χ2n) is 4.10. The van der Waals surface area contributed by atoms with E-state index >= 15 is 0 Å². The maximum Gasteiger partial charge on any atom is 0.123 e. The lowest BCUT2D eigenvalue weighted by Crippen LogP contribution is -2.22. The van der Waals surface area contributed by atoms with Crippen LogP contribution in [0.5, 0.6) is 0 Å². The predicted molar refractivity (Wildman–Crippen MR) is 68.7 cm³/mol. The molecule has 0 bridgehead atoms. The highest BCUT2D eigenvalue weighted by Gasteiger charge is 1.95. The molecule has 1 aromatic carbocycles. The summed E-state index contributed by atoms with van der Waals surface area (Å²) in [6.45, 7) is 5.48. The van der Waals surface area contributed by atoms with Crippen LogP contribution in [0.15, 0.2) is 24.3 Å². The zero-order chi connectivity index (χ0) is 12.3. The van der Waals surface area contributed by atoms with Crippen molar-refractivity contribution >= 4 is 0 Å². The van der Waals surface area contributed by atoms with E-state index in [-0.39, 0.29) is 5.82 Å². The van der Waals surface area contributed by atoms with E-state index in [9.17, 15) is 4.39 Å². The van der Waals surface area contributed by atoms with Gasteiger partial charge in [-0.25, -0.2) is 4.39 Å². The highest BCUT2D eigenvalue weighted by atomic mass is 19.1. The van der Waals surface area contributed by atoms with E-state index in [2.05, 4.69) is 12.2 Å². The summed E-state index contributed by atoms with van der Waals surface area (Å²) in [5, 5.41) is 3.28. The summed E-state index contributed by atoms with van der Waals surface area (Å²) in [6.07, 6.45) is 3.16. The average Bonchev–Trinajstić information content (AvgIpc) is 2.33. The third-order valence-corrected chi connectivity index (χ3v) is 2.54. The van der Waals surface area contributed by atoms with Gasteiger partial charge in [0, 0.05) is 13.2 Å². The van der Waals surface area contributed by atoms with Crippen LogP contribution in [0.3, 0.4) is 0 Å². The van der Waals surface area contributed by atoms with Crippen molar-refractivity contribution in [3.8, 4) is 0 Å². The van der Waals surface area contributed by atoms with E-state index < -0.39 is 0 Å². The largest absolute Gasteiger partial charge is 0.380 e. The second-order valence-corrected chi connectivity index (χ2v) is 4.10. The summed E-state index contributed by atoms with van der Waals surface area (Å²) >= 11 is 0. The molecule has 0 saturated heterocycles. The second kappa shape index (κ2) is 9.14. The number of nitrogens with one attached hydrogen (secondary N) is 1. The Morgan fingerprint density at radius 3 is 2.88 bits per heavy atom. The van der Waals surface area contributed by atoms with Gasteiger partial charge in [0.2, 0.25) is 0 Å². The maximum absolute atomic E-state index is 12.9. The summed E-state index contributed by atoms with van der Waals surface area (Å²) < 4.78 is 18.3. The van der Waals surface area contributed by atoms with Gasteiger partial charge in [0.25, 0.3) is 0 Å². The number of hydrogen-bond donors (Lipinski definition) is 1. The number of hydrogen-bond acceptors (Lipinski definition) is 2. The molecule has 1 N–H and O–H groups in total. The molecule has 96 valence electrons. The van der Waals surface area contributed by atoms with E-state index in [4.69, 9.17) is 4.74 Å². The third kappa shape index (κ3) is 7.08. The SMILES string of the molecule is CCCCOCCNCCc1cccc(F)c1. The first-order chi connectivity index (χ1) is 8.33. The van der Waals surface area contributed by atoms with Gasteiger partial charge < -0.3 is 10.1 Å². The van der Waals surface area contributed by atoms with Gasteiger partial charge in [-0.3, -0.25) is 0 Å². The van der Waals surface area contributed by atoms with Gasteiger partial charge in [-0.05, 0) is 37.1 Å². The van der Waals surface area contributed by atoms with Crippen molar-refractivity contribution in [2.24, 2.45) is 0 Å². The number of halogens is 1. The fourth-order valence-corrected chi connectivity index (χ4v) is 1.54. The van der Waals surface area contributed by atoms with Crippen molar-refractivity contribution < 1.29 is 9.13 Å². The van der Waals surface area contributed by atoms with Crippen LogP contribution >= 0.6 is 0 Å². The summed E-state index contributed by atoms with van der Waals surface area (Å²) in [4.78, 5) is 0. The van der Waals surface area contributed by atoms with Crippen molar-refractivity contribution in [2.75, 3.05) is 26.3 Å². The van der Waals surface area contributed by atoms with E-state index in [0.29, 0.717) is 0 Å². The van der Waals surface area contributed by atoms with E-state index in [1.54, 1.807) is 12.1 Å². The summed E-state index contributed by atoms with van der Waals surface area (Å²) in [5.74, 6) is -0.162. The Morgan fingerprint density at radius 2 is 2.12 bits per heavy atom. The van der Waals surface area contributed by atoms with E-state index in [1.165, 1.54) is 12.5 Å². The topological polar surface area (TPSA) is 21.3 Å². The van der Waals surface area contributed by atoms with Crippen LogP contribution in [0.4, 0.5) is 4.39 Å². The molecule has 0 aliphatic carbocycles. The molecule has 1 rings (SSSR count). The van der Waals surface area contributed by atoms with Gasteiger partial charge in [-0.1, -0.05) is 25.5 Å². The van der Waals surface area contributed by atoms with Gasteiger partial charge in [0.15, 0.2) is 0 Å². The first kappa shape index (κ1) is 14.1. The van der Waals surface area contributed by atoms with Gasteiger partial charge in [-0.2, -0.15) is 0 Å². The van der Waals surface area contributed by atoms with Crippen LogP contribution in [0.2, 0.25) is 0 Å². The van der Waals surface area contributed by atoms with Crippen molar-refractivity contribution in [2.45, 2.75) is 26.2 Å². The normalized spacial score (nSPS) is 10.7. The lowest BCUT2D eigenvalue weighted by Gasteiger charge is -2.06. The molecule has 0 aliphatic heterocycles. The van der Waals surface area contributed by atoms with Crippen molar-refractivity contribution in [1.82, 2.24) is 5.32 Å². The molecule has 3 heteroatoms. The minimum atomic E-state index is -0.162. The molecule has 0 radical (unpaired) electrons.